The molecule has 0 saturated carbocycles. The van der Waals surface area contributed by atoms with E-state index in [0.717, 1.165) is 22.7 Å². The van der Waals surface area contributed by atoms with Crippen molar-refractivity contribution >= 4 is 11.7 Å². The fourth-order valence-electron chi connectivity index (χ4n) is 2.05. The van der Waals surface area contributed by atoms with Crippen LogP contribution in [0.15, 0.2) is 64.3 Å². The minimum atomic E-state index is 0.463. The second-order valence-corrected chi connectivity index (χ2v) is 4.87. The van der Waals surface area contributed by atoms with Gasteiger partial charge in [-0.15, -0.1) is 0 Å². The lowest BCUT2D eigenvalue weighted by Crippen LogP contribution is -2.03. The van der Waals surface area contributed by atoms with Gasteiger partial charge in [0, 0.05) is 11.3 Å². The van der Waals surface area contributed by atoms with Crippen LogP contribution in [0.2, 0.25) is 0 Å². The zero-order valence-electron chi connectivity index (χ0n) is 12.4. The molecule has 22 heavy (non-hydrogen) atoms. The molecule has 0 spiro atoms. The standard InChI is InChI=1S/C17H16N4O/c1-12-11-15(14-7-4-3-5-8-14)19-17(18-12)21-20-13(2)16-9-6-10-22-16/h3-11H,1-2H3,(H,18,19,21)/b20-13-. The van der Waals surface area contributed by atoms with Gasteiger partial charge in [0.1, 0.15) is 11.5 Å². The number of benzene rings is 1. The third-order valence-electron chi connectivity index (χ3n) is 3.13. The summed E-state index contributed by atoms with van der Waals surface area (Å²) >= 11 is 0. The van der Waals surface area contributed by atoms with Crippen LogP contribution < -0.4 is 5.43 Å². The van der Waals surface area contributed by atoms with E-state index >= 15 is 0 Å². The number of aryl methyl sites for hydroxylation is 1. The monoisotopic (exact) mass is 292 g/mol. The minimum Gasteiger partial charge on any atom is -0.463 e. The average Bonchev–Trinajstić information content (AvgIpc) is 3.07. The van der Waals surface area contributed by atoms with Crippen molar-refractivity contribution in [1.82, 2.24) is 9.97 Å². The molecular weight excluding hydrogens is 276 g/mol. The van der Waals surface area contributed by atoms with Crippen molar-refractivity contribution < 1.29 is 4.42 Å². The number of nitrogens with one attached hydrogen (secondary N) is 1. The average molecular weight is 292 g/mol. The highest BCUT2D eigenvalue weighted by atomic mass is 16.3. The molecule has 0 atom stereocenters. The van der Waals surface area contributed by atoms with Gasteiger partial charge in [0.05, 0.1) is 12.0 Å². The zero-order valence-corrected chi connectivity index (χ0v) is 12.4. The van der Waals surface area contributed by atoms with Gasteiger partial charge >= 0.3 is 0 Å². The highest BCUT2D eigenvalue weighted by Gasteiger charge is 2.05. The first-order valence-electron chi connectivity index (χ1n) is 6.97. The molecule has 5 heteroatoms. The smallest absolute Gasteiger partial charge is 0.244 e. The predicted molar refractivity (Wildman–Crippen MR) is 86.7 cm³/mol. The molecule has 0 amide bonds. The van der Waals surface area contributed by atoms with Crippen molar-refractivity contribution in [1.29, 1.82) is 0 Å². The van der Waals surface area contributed by atoms with Crippen LogP contribution in [0.5, 0.6) is 0 Å². The zero-order chi connectivity index (χ0) is 15.4. The summed E-state index contributed by atoms with van der Waals surface area (Å²) in [5.41, 5.74) is 6.41. The summed E-state index contributed by atoms with van der Waals surface area (Å²) in [6.45, 7) is 3.79. The van der Waals surface area contributed by atoms with E-state index in [-0.39, 0.29) is 0 Å². The fourth-order valence-corrected chi connectivity index (χ4v) is 2.05. The summed E-state index contributed by atoms with van der Waals surface area (Å²) in [6.07, 6.45) is 1.62. The van der Waals surface area contributed by atoms with Crippen LogP contribution in [0.4, 0.5) is 5.95 Å². The second-order valence-electron chi connectivity index (χ2n) is 4.87. The summed E-state index contributed by atoms with van der Waals surface area (Å²) < 4.78 is 5.29. The maximum absolute atomic E-state index is 5.29. The van der Waals surface area contributed by atoms with Gasteiger partial charge in [-0.3, -0.25) is 0 Å². The molecule has 1 N–H and O–H groups in total. The largest absolute Gasteiger partial charge is 0.463 e. The molecule has 2 aromatic heterocycles. The van der Waals surface area contributed by atoms with Crippen molar-refractivity contribution in [2.75, 3.05) is 5.43 Å². The molecular formula is C17H16N4O. The first-order chi connectivity index (χ1) is 10.7. The summed E-state index contributed by atoms with van der Waals surface area (Å²) in [6, 6.07) is 15.6. The van der Waals surface area contributed by atoms with E-state index in [0.29, 0.717) is 11.7 Å². The Hall–Kier alpha value is -2.95. The van der Waals surface area contributed by atoms with Crippen molar-refractivity contribution in [3.63, 3.8) is 0 Å². The van der Waals surface area contributed by atoms with Crippen molar-refractivity contribution in [2.24, 2.45) is 5.10 Å². The highest BCUT2D eigenvalue weighted by molar-refractivity contribution is 5.96. The van der Waals surface area contributed by atoms with E-state index in [2.05, 4.69) is 20.5 Å². The Kier molecular flexibility index (Phi) is 3.96. The van der Waals surface area contributed by atoms with Gasteiger partial charge in [-0.25, -0.2) is 15.4 Å². The summed E-state index contributed by atoms with van der Waals surface area (Å²) in [5, 5.41) is 4.26. The van der Waals surface area contributed by atoms with Gasteiger partial charge in [0.2, 0.25) is 5.95 Å². The van der Waals surface area contributed by atoms with Gasteiger partial charge in [0.15, 0.2) is 0 Å². The number of anilines is 1. The lowest BCUT2D eigenvalue weighted by Gasteiger charge is -2.06. The second kappa shape index (κ2) is 6.22. The number of furan rings is 1. The maximum Gasteiger partial charge on any atom is 0.244 e. The molecule has 0 saturated heterocycles. The topological polar surface area (TPSA) is 63.3 Å². The van der Waals surface area contributed by atoms with Gasteiger partial charge in [-0.05, 0) is 32.0 Å². The Bertz CT molecular complexity index is 780. The van der Waals surface area contributed by atoms with Crippen LogP contribution in [0.3, 0.4) is 0 Å². The normalized spacial score (nSPS) is 11.5. The van der Waals surface area contributed by atoms with Crippen LogP contribution >= 0.6 is 0 Å². The SMILES string of the molecule is C/C(=N/Nc1nc(C)cc(-c2ccccc2)n1)c1ccco1. The van der Waals surface area contributed by atoms with Crippen LogP contribution in [0.1, 0.15) is 18.4 Å². The molecule has 0 bridgehead atoms. The number of aromatic nitrogens is 2. The molecule has 110 valence electrons. The lowest BCUT2D eigenvalue weighted by atomic mass is 10.1. The van der Waals surface area contributed by atoms with E-state index in [9.17, 15) is 0 Å². The summed E-state index contributed by atoms with van der Waals surface area (Å²) in [5.74, 6) is 1.17. The molecule has 2 heterocycles. The summed E-state index contributed by atoms with van der Waals surface area (Å²) in [7, 11) is 0. The van der Waals surface area contributed by atoms with E-state index < -0.39 is 0 Å². The number of hydrogen-bond acceptors (Lipinski definition) is 5. The van der Waals surface area contributed by atoms with Crippen molar-refractivity contribution in [3.05, 3.63) is 66.2 Å². The van der Waals surface area contributed by atoms with Crippen LogP contribution in [-0.2, 0) is 0 Å². The number of rotatable bonds is 4. The molecule has 3 aromatic rings. The lowest BCUT2D eigenvalue weighted by molar-refractivity contribution is 0.557. The Morgan fingerprint density at radius 2 is 1.91 bits per heavy atom. The van der Waals surface area contributed by atoms with Crippen LogP contribution in [0.25, 0.3) is 11.3 Å². The van der Waals surface area contributed by atoms with Crippen molar-refractivity contribution in [2.45, 2.75) is 13.8 Å². The van der Waals surface area contributed by atoms with Gasteiger partial charge in [0.25, 0.3) is 0 Å². The number of hydrazone groups is 1. The fraction of sp³-hybridized carbons (Fsp3) is 0.118. The first-order valence-corrected chi connectivity index (χ1v) is 6.97. The Balaban J connectivity index is 1.86. The molecule has 0 unspecified atom stereocenters. The van der Waals surface area contributed by atoms with Crippen LogP contribution in [0, 0.1) is 6.92 Å². The Morgan fingerprint density at radius 3 is 2.64 bits per heavy atom. The molecule has 0 aliphatic rings. The van der Waals surface area contributed by atoms with Crippen molar-refractivity contribution in [3.8, 4) is 11.3 Å². The Labute approximate surface area is 128 Å². The minimum absolute atomic E-state index is 0.463. The third-order valence-corrected chi connectivity index (χ3v) is 3.13. The third kappa shape index (κ3) is 3.20. The molecule has 3 rings (SSSR count). The van der Waals surface area contributed by atoms with E-state index in [1.54, 1.807) is 6.26 Å². The number of nitrogens with zero attached hydrogens (tertiary/aromatic N) is 3. The van der Waals surface area contributed by atoms with Gasteiger partial charge in [-0.2, -0.15) is 5.10 Å². The Morgan fingerprint density at radius 1 is 1.09 bits per heavy atom. The van der Waals surface area contributed by atoms with E-state index in [1.165, 1.54) is 0 Å². The van der Waals surface area contributed by atoms with E-state index in [1.807, 2.05) is 62.4 Å². The molecule has 1 aromatic carbocycles. The predicted octanol–water partition coefficient (Wildman–Crippen LogP) is 3.88. The number of hydrogen-bond donors (Lipinski definition) is 1. The van der Waals surface area contributed by atoms with E-state index in [4.69, 9.17) is 4.42 Å². The quantitative estimate of drug-likeness (QED) is 0.585. The molecule has 5 nitrogen and oxygen atoms in total. The first kappa shape index (κ1) is 14.0. The molecule has 0 radical (unpaired) electrons. The van der Waals surface area contributed by atoms with Crippen LogP contribution in [-0.4, -0.2) is 15.7 Å². The molecule has 0 aliphatic carbocycles. The molecule has 0 fully saturated rings. The summed E-state index contributed by atoms with van der Waals surface area (Å²) in [4.78, 5) is 8.85. The van der Waals surface area contributed by atoms with Gasteiger partial charge < -0.3 is 4.42 Å². The highest BCUT2D eigenvalue weighted by Crippen LogP contribution is 2.18. The van der Waals surface area contributed by atoms with Gasteiger partial charge in [-0.1, -0.05) is 30.3 Å². The molecule has 0 aliphatic heterocycles. The maximum atomic E-state index is 5.29.